The van der Waals surface area contributed by atoms with Gasteiger partial charge in [-0.1, -0.05) is 6.92 Å². The Morgan fingerprint density at radius 2 is 2.40 bits per heavy atom. The molecule has 5 heteroatoms. The molecule has 84 valence electrons. The smallest absolute Gasteiger partial charge is 0.254 e. The summed E-state index contributed by atoms with van der Waals surface area (Å²) < 4.78 is 1.68. The molecule has 1 amide bonds. The van der Waals surface area contributed by atoms with Gasteiger partial charge in [-0.25, -0.2) is 0 Å². The van der Waals surface area contributed by atoms with Crippen LogP contribution >= 0.6 is 0 Å². The van der Waals surface area contributed by atoms with Gasteiger partial charge in [0.1, 0.15) is 0 Å². The van der Waals surface area contributed by atoms with Crippen LogP contribution in [0.4, 0.5) is 0 Å². The third-order valence-electron chi connectivity index (χ3n) is 2.53. The Kier molecular flexibility index (Phi) is 3.85. The Hall–Kier alpha value is -1.36. The number of nitrogens with zero attached hydrogens (tertiary/aromatic N) is 2. The lowest BCUT2D eigenvalue weighted by Gasteiger charge is -2.09. The summed E-state index contributed by atoms with van der Waals surface area (Å²) >= 11 is 0. The van der Waals surface area contributed by atoms with Crippen molar-refractivity contribution in [3.63, 3.8) is 0 Å². The molecule has 0 spiro atoms. The molecule has 0 bridgehead atoms. The molecule has 15 heavy (non-hydrogen) atoms. The minimum absolute atomic E-state index is 0.0194. The number of hydrogen-bond acceptors (Lipinski definition) is 3. The number of aryl methyl sites for hydroxylation is 1. The predicted octanol–water partition coefficient (Wildman–Crippen LogP) is 0.196. The Balaban J connectivity index is 2.58. The molecule has 1 rings (SSSR count). The Bertz CT molecular complexity index is 345. The summed E-state index contributed by atoms with van der Waals surface area (Å²) in [6.07, 6.45) is 2.43. The largest absolute Gasteiger partial charge is 0.350 e. The highest BCUT2D eigenvalue weighted by molar-refractivity contribution is 5.95. The van der Waals surface area contributed by atoms with Crippen LogP contribution < -0.4 is 11.1 Å². The molecular formula is C10H18N4O. The highest BCUT2D eigenvalue weighted by Gasteiger charge is 2.12. The van der Waals surface area contributed by atoms with E-state index in [1.807, 2.05) is 20.9 Å². The maximum atomic E-state index is 11.7. The van der Waals surface area contributed by atoms with Gasteiger partial charge in [0, 0.05) is 25.3 Å². The van der Waals surface area contributed by atoms with Crippen molar-refractivity contribution in [2.24, 2.45) is 12.8 Å². The maximum Gasteiger partial charge on any atom is 0.254 e. The molecule has 1 aromatic heterocycles. The second kappa shape index (κ2) is 4.93. The SMILES string of the molecule is CCC(N)CNC(=O)c1cnn(C)c1C. The number of amides is 1. The van der Waals surface area contributed by atoms with Crippen molar-refractivity contribution in [3.05, 3.63) is 17.5 Å². The molecule has 0 aliphatic heterocycles. The van der Waals surface area contributed by atoms with E-state index in [9.17, 15) is 4.79 Å². The quantitative estimate of drug-likeness (QED) is 0.745. The van der Waals surface area contributed by atoms with E-state index >= 15 is 0 Å². The lowest BCUT2D eigenvalue weighted by Crippen LogP contribution is -2.36. The Morgan fingerprint density at radius 1 is 1.73 bits per heavy atom. The molecule has 0 saturated carbocycles. The normalized spacial score (nSPS) is 12.5. The first kappa shape index (κ1) is 11.7. The minimum atomic E-state index is -0.107. The highest BCUT2D eigenvalue weighted by atomic mass is 16.1. The van der Waals surface area contributed by atoms with E-state index in [4.69, 9.17) is 5.73 Å². The van der Waals surface area contributed by atoms with Crippen molar-refractivity contribution in [1.82, 2.24) is 15.1 Å². The standard InChI is InChI=1S/C10H18N4O/c1-4-8(11)5-12-10(15)9-6-13-14(3)7(9)2/h6,8H,4-5,11H2,1-3H3,(H,12,15). The van der Waals surface area contributed by atoms with Gasteiger partial charge in [0.2, 0.25) is 0 Å². The third kappa shape index (κ3) is 2.79. The average Bonchev–Trinajstić information content (AvgIpc) is 2.56. The summed E-state index contributed by atoms with van der Waals surface area (Å²) in [5, 5.41) is 6.80. The van der Waals surface area contributed by atoms with Gasteiger partial charge in [0.15, 0.2) is 0 Å². The zero-order valence-corrected chi connectivity index (χ0v) is 9.45. The van der Waals surface area contributed by atoms with Gasteiger partial charge in [0.25, 0.3) is 5.91 Å². The number of rotatable bonds is 4. The van der Waals surface area contributed by atoms with Gasteiger partial charge < -0.3 is 11.1 Å². The van der Waals surface area contributed by atoms with E-state index in [0.29, 0.717) is 12.1 Å². The van der Waals surface area contributed by atoms with Crippen LogP contribution in [0.1, 0.15) is 29.4 Å². The van der Waals surface area contributed by atoms with Crippen LogP contribution in [-0.4, -0.2) is 28.3 Å². The number of carbonyl (C=O) groups excluding carboxylic acids is 1. The fourth-order valence-electron chi connectivity index (χ4n) is 1.18. The van der Waals surface area contributed by atoms with Crippen molar-refractivity contribution >= 4 is 5.91 Å². The van der Waals surface area contributed by atoms with E-state index in [1.165, 1.54) is 0 Å². The molecule has 0 radical (unpaired) electrons. The monoisotopic (exact) mass is 210 g/mol. The van der Waals surface area contributed by atoms with E-state index in [-0.39, 0.29) is 11.9 Å². The molecule has 0 aliphatic rings. The van der Waals surface area contributed by atoms with Gasteiger partial charge in [-0.05, 0) is 13.3 Å². The molecule has 0 aromatic carbocycles. The number of hydrogen-bond donors (Lipinski definition) is 2. The van der Waals surface area contributed by atoms with E-state index in [1.54, 1.807) is 10.9 Å². The summed E-state index contributed by atoms with van der Waals surface area (Å²) in [4.78, 5) is 11.7. The van der Waals surface area contributed by atoms with Gasteiger partial charge in [-0.2, -0.15) is 5.10 Å². The number of aromatic nitrogens is 2. The third-order valence-corrected chi connectivity index (χ3v) is 2.53. The topological polar surface area (TPSA) is 72.9 Å². The van der Waals surface area contributed by atoms with Crippen LogP contribution in [0.15, 0.2) is 6.20 Å². The molecular weight excluding hydrogens is 192 g/mol. The van der Waals surface area contributed by atoms with Crippen molar-refractivity contribution in [2.75, 3.05) is 6.54 Å². The first-order valence-electron chi connectivity index (χ1n) is 5.08. The fourth-order valence-corrected chi connectivity index (χ4v) is 1.18. The van der Waals surface area contributed by atoms with E-state index in [2.05, 4.69) is 10.4 Å². The lowest BCUT2D eigenvalue weighted by atomic mass is 10.2. The number of carbonyl (C=O) groups is 1. The minimum Gasteiger partial charge on any atom is -0.350 e. The molecule has 1 heterocycles. The zero-order valence-electron chi connectivity index (χ0n) is 9.45. The molecule has 0 saturated heterocycles. The van der Waals surface area contributed by atoms with Crippen LogP contribution in [0.2, 0.25) is 0 Å². The lowest BCUT2D eigenvalue weighted by molar-refractivity contribution is 0.0950. The van der Waals surface area contributed by atoms with Gasteiger partial charge in [0.05, 0.1) is 11.8 Å². The van der Waals surface area contributed by atoms with Gasteiger partial charge in [-0.3, -0.25) is 9.48 Å². The van der Waals surface area contributed by atoms with Crippen LogP contribution in [0.5, 0.6) is 0 Å². The van der Waals surface area contributed by atoms with Crippen LogP contribution in [-0.2, 0) is 7.05 Å². The van der Waals surface area contributed by atoms with Crippen molar-refractivity contribution in [2.45, 2.75) is 26.3 Å². The van der Waals surface area contributed by atoms with Crippen molar-refractivity contribution in [3.8, 4) is 0 Å². The highest BCUT2D eigenvalue weighted by Crippen LogP contribution is 2.04. The second-order valence-corrected chi connectivity index (χ2v) is 3.65. The summed E-state index contributed by atoms with van der Waals surface area (Å²) in [6.45, 7) is 4.36. The van der Waals surface area contributed by atoms with E-state index < -0.39 is 0 Å². The zero-order chi connectivity index (χ0) is 11.4. The van der Waals surface area contributed by atoms with Crippen molar-refractivity contribution in [1.29, 1.82) is 0 Å². The van der Waals surface area contributed by atoms with Crippen LogP contribution in [0.25, 0.3) is 0 Å². The fraction of sp³-hybridized carbons (Fsp3) is 0.600. The van der Waals surface area contributed by atoms with E-state index in [0.717, 1.165) is 12.1 Å². The Labute approximate surface area is 89.6 Å². The number of nitrogens with one attached hydrogen (secondary N) is 1. The summed E-state index contributed by atoms with van der Waals surface area (Å²) in [5.41, 5.74) is 7.18. The molecule has 1 atom stereocenters. The molecule has 3 N–H and O–H groups in total. The average molecular weight is 210 g/mol. The Morgan fingerprint density at radius 3 is 2.87 bits per heavy atom. The molecule has 1 aromatic rings. The second-order valence-electron chi connectivity index (χ2n) is 3.65. The summed E-state index contributed by atoms with van der Waals surface area (Å²) in [7, 11) is 1.81. The summed E-state index contributed by atoms with van der Waals surface area (Å²) in [5.74, 6) is -0.107. The predicted molar refractivity (Wildman–Crippen MR) is 58.5 cm³/mol. The summed E-state index contributed by atoms with van der Waals surface area (Å²) in [6, 6.07) is 0.0194. The van der Waals surface area contributed by atoms with Crippen molar-refractivity contribution < 1.29 is 4.79 Å². The first-order valence-corrected chi connectivity index (χ1v) is 5.08. The van der Waals surface area contributed by atoms with Gasteiger partial charge in [-0.15, -0.1) is 0 Å². The maximum absolute atomic E-state index is 11.7. The molecule has 0 fully saturated rings. The van der Waals surface area contributed by atoms with Crippen LogP contribution in [0, 0.1) is 6.92 Å². The molecule has 5 nitrogen and oxygen atoms in total. The first-order chi connectivity index (χ1) is 7.06. The van der Waals surface area contributed by atoms with Gasteiger partial charge >= 0.3 is 0 Å². The van der Waals surface area contributed by atoms with Crippen LogP contribution in [0.3, 0.4) is 0 Å². The number of nitrogens with two attached hydrogens (primary N) is 1. The molecule has 0 aliphatic carbocycles. The molecule has 1 unspecified atom stereocenters.